The zero-order valence-electron chi connectivity index (χ0n) is 7.31. The number of hydrogen-bond acceptors (Lipinski definition) is 4. The molecule has 0 aromatic rings. The van der Waals surface area contributed by atoms with E-state index in [1.54, 1.807) is 0 Å². The summed E-state index contributed by atoms with van der Waals surface area (Å²) >= 11 is 7.72. The van der Waals surface area contributed by atoms with Crippen molar-refractivity contribution in [2.45, 2.75) is 29.8 Å². The van der Waals surface area contributed by atoms with Gasteiger partial charge in [0, 0.05) is 0 Å². The molecule has 0 aromatic heterocycles. The first-order chi connectivity index (χ1) is 5.59. The smallest absolute Gasteiger partial charge is 0.319 e. The van der Waals surface area contributed by atoms with Gasteiger partial charge in [0.15, 0.2) is 0 Å². The fourth-order valence-corrected chi connectivity index (χ4v) is 1.58. The van der Waals surface area contributed by atoms with E-state index in [4.69, 9.17) is 10.2 Å². The van der Waals surface area contributed by atoms with Crippen LogP contribution in [0.2, 0.25) is 0 Å². The van der Waals surface area contributed by atoms with E-state index in [0.29, 0.717) is 0 Å². The van der Waals surface area contributed by atoms with E-state index in [1.165, 1.54) is 13.8 Å². The van der Waals surface area contributed by atoms with Gasteiger partial charge in [0.25, 0.3) is 0 Å². The van der Waals surface area contributed by atoms with Crippen LogP contribution in [0.5, 0.6) is 0 Å². The molecular weight excluding hydrogens is 212 g/mol. The molecular formula is C7H12O4S2. The Hall–Kier alpha value is -0.360. The molecule has 6 heteroatoms. The van der Waals surface area contributed by atoms with E-state index in [2.05, 4.69) is 25.3 Å². The van der Waals surface area contributed by atoms with Crippen LogP contribution >= 0.6 is 25.3 Å². The quantitative estimate of drug-likeness (QED) is 0.536. The van der Waals surface area contributed by atoms with E-state index in [9.17, 15) is 9.59 Å². The van der Waals surface area contributed by atoms with Gasteiger partial charge >= 0.3 is 11.9 Å². The minimum atomic E-state index is -1.38. The highest BCUT2D eigenvalue weighted by Crippen LogP contribution is 2.30. The summed E-state index contributed by atoms with van der Waals surface area (Å²) in [6.07, 6.45) is -0.156. The number of carboxylic acids is 2. The first kappa shape index (κ1) is 12.6. The second kappa shape index (κ2) is 3.79. The SMILES string of the molecule is CC(S)(CC(C)(S)C(=O)O)C(=O)O. The van der Waals surface area contributed by atoms with Crippen LogP contribution in [0.25, 0.3) is 0 Å². The number of thiol groups is 2. The third kappa shape index (κ3) is 3.48. The van der Waals surface area contributed by atoms with Gasteiger partial charge in [0.1, 0.15) is 9.49 Å². The minimum Gasteiger partial charge on any atom is -0.480 e. The second-order valence-corrected chi connectivity index (χ2v) is 5.31. The summed E-state index contributed by atoms with van der Waals surface area (Å²) in [4.78, 5) is 21.2. The summed E-state index contributed by atoms with van der Waals surface area (Å²) < 4.78 is -2.76. The molecule has 0 amide bonds. The van der Waals surface area contributed by atoms with Crippen LogP contribution < -0.4 is 0 Å². The molecule has 0 heterocycles. The maximum Gasteiger partial charge on any atom is 0.319 e. The van der Waals surface area contributed by atoms with Crippen LogP contribution in [0.4, 0.5) is 0 Å². The predicted octanol–water partition coefficient (Wildman–Crippen LogP) is 0.923. The first-order valence-electron chi connectivity index (χ1n) is 3.51. The number of hydrogen-bond donors (Lipinski definition) is 4. The normalized spacial score (nSPS) is 20.0. The van der Waals surface area contributed by atoms with Crippen molar-refractivity contribution >= 4 is 37.2 Å². The molecule has 2 N–H and O–H groups in total. The van der Waals surface area contributed by atoms with Crippen LogP contribution in [0.15, 0.2) is 0 Å². The number of carboxylic acid groups (broad SMARTS) is 2. The Morgan fingerprint density at radius 1 is 1.08 bits per heavy atom. The van der Waals surface area contributed by atoms with Crippen molar-refractivity contribution < 1.29 is 19.8 Å². The Balaban J connectivity index is 4.61. The molecule has 0 saturated heterocycles. The number of carbonyl (C=O) groups is 2. The summed E-state index contributed by atoms with van der Waals surface area (Å²) in [5, 5.41) is 17.4. The third-order valence-corrected chi connectivity index (χ3v) is 2.31. The van der Waals surface area contributed by atoms with Crippen LogP contribution in [0.1, 0.15) is 20.3 Å². The summed E-state index contributed by atoms with van der Waals surface area (Å²) in [6, 6.07) is 0. The highest BCUT2D eigenvalue weighted by Gasteiger charge is 2.40. The molecule has 0 bridgehead atoms. The molecule has 0 rings (SSSR count). The molecule has 0 saturated carbocycles. The van der Waals surface area contributed by atoms with Gasteiger partial charge in [-0.05, 0) is 20.3 Å². The van der Waals surface area contributed by atoms with Crippen molar-refractivity contribution in [1.82, 2.24) is 0 Å². The lowest BCUT2D eigenvalue weighted by molar-refractivity contribution is -0.142. The predicted molar refractivity (Wildman–Crippen MR) is 54.7 cm³/mol. The van der Waals surface area contributed by atoms with Crippen molar-refractivity contribution in [3.05, 3.63) is 0 Å². The molecule has 2 atom stereocenters. The van der Waals surface area contributed by atoms with Crippen molar-refractivity contribution in [3.63, 3.8) is 0 Å². The van der Waals surface area contributed by atoms with Crippen molar-refractivity contribution in [3.8, 4) is 0 Å². The maximum atomic E-state index is 10.6. The summed E-state index contributed by atoms with van der Waals surface area (Å²) in [5.74, 6) is -2.31. The van der Waals surface area contributed by atoms with E-state index in [0.717, 1.165) is 0 Å². The Labute approximate surface area is 87.2 Å². The lowest BCUT2D eigenvalue weighted by atomic mass is 9.96. The Kier molecular flexibility index (Phi) is 3.69. The van der Waals surface area contributed by atoms with Gasteiger partial charge in [-0.15, -0.1) is 0 Å². The molecule has 2 unspecified atom stereocenters. The first-order valence-corrected chi connectivity index (χ1v) is 4.40. The molecule has 0 radical (unpaired) electrons. The van der Waals surface area contributed by atoms with Crippen LogP contribution in [-0.4, -0.2) is 31.6 Å². The van der Waals surface area contributed by atoms with E-state index in [-0.39, 0.29) is 6.42 Å². The maximum absolute atomic E-state index is 10.6. The largest absolute Gasteiger partial charge is 0.480 e. The van der Waals surface area contributed by atoms with Crippen LogP contribution in [0.3, 0.4) is 0 Å². The number of aliphatic carboxylic acids is 2. The summed E-state index contributed by atoms with van der Waals surface area (Å²) in [6.45, 7) is 2.69. The molecule has 0 aliphatic rings. The fraction of sp³-hybridized carbons (Fsp3) is 0.714. The Morgan fingerprint density at radius 2 is 1.31 bits per heavy atom. The van der Waals surface area contributed by atoms with Gasteiger partial charge in [-0.25, -0.2) is 0 Å². The fourth-order valence-electron chi connectivity index (χ4n) is 0.821. The Morgan fingerprint density at radius 3 is 1.46 bits per heavy atom. The highest BCUT2D eigenvalue weighted by molar-refractivity contribution is 7.83. The summed E-state index contributed by atoms with van der Waals surface area (Å²) in [5.41, 5.74) is 0. The van der Waals surface area contributed by atoms with Gasteiger partial charge in [-0.1, -0.05) is 0 Å². The van der Waals surface area contributed by atoms with Crippen molar-refractivity contribution in [2.24, 2.45) is 0 Å². The van der Waals surface area contributed by atoms with Crippen LogP contribution in [0, 0.1) is 0 Å². The zero-order valence-corrected chi connectivity index (χ0v) is 9.10. The molecule has 0 aromatic carbocycles. The minimum absolute atomic E-state index is 0.156. The van der Waals surface area contributed by atoms with E-state index < -0.39 is 21.4 Å². The van der Waals surface area contributed by atoms with Crippen molar-refractivity contribution in [1.29, 1.82) is 0 Å². The average Bonchev–Trinajstić information content (AvgIpc) is 1.83. The molecule has 76 valence electrons. The molecule has 0 fully saturated rings. The average molecular weight is 224 g/mol. The molecule has 0 aliphatic carbocycles. The van der Waals surface area contributed by atoms with Crippen molar-refractivity contribution in [2.75, 3.05) is 0 Å². The van der Waals surface area contributed by atoms with Gasteiger partial charge in [0.2, 0.25) is 0 Å². The van der Waals surface area contributed by atoms with Gasteiger partial charge < -0.3 is 10.2 Å². The lowest BCUT2D eigenvalue weighted by Gasteiger charge is -2.26. The molecule has 0 aliphatic heterocycles. The highest BCUT2D eigenvalue weighted by atomic mass is 32.1. The Bertz CT molecular complexity index is 211. The number of rotatable bonds is 4. The zero-order chi connectivity index (χ0) is 10.9. The monoisotopic (exact) mass is 224 g/mol. The van der Waals surface area contributed by atoms with E-state index >= 15 is 0 Å². The molecule has 0 spiro atoms. The topological polar surface area (TPSA) is 74.6 Å². The van der Waals surface area contributed by atoms with Gasteiger partial charge in [0.05, 0.1) is 0 Å². The molecule has 4 nitrogen and oxygen atoms in total. The summed E-state index contributed by atoms with van der Waals surface area (Å²) in [7, 11) is 0. The van der Waals surface area contributed by atoms with Gasteiger partial charge in [-0.3, -0.25) is 9.59 Å². The molecule has 13 heavy (non-hydrogen) atoms. The third-order valence-electron chi connectivity index (χ3n) is 1.61. The second-order valence-electron chi connectivity index (χ2n) is 3.33. The standard InChI is InChI=1S/C7H12O4S2/c1-6(12,4(8)9)3-7(2,13)5(10)11/h12-13H,3H2,1-2H3,(H,8,9)(H,10,11). The van der Waals surface area contributed by atoms with E-state index in [1.807, 2.05) is 0 Å². The van der Waals surface area contributed by atoms with Crippen LogP contribution in [-0.2, 0) is 9.59 Å². The lowest BCUT2D eigenvalue weighted by Crippen LogP contribution is -2.40. The van der Waals surface area contributed by atoms with Gasteiger partial charge in [-0.2, -0.15) is 25.3 Å².